The maximum Gasteiger partial charge on any atom is 0.503 e. The van der Waals surface area contributed by atoms with Gasteiger partial charge in [-0.1, -0.05) is 0 Å². The number of phosphoric acid groups is 1. The van der Waals surface area contributed by atoms with E-state index in [1.54, 1.807) is 0 Å². The minimum Gasteiger partial charge on any atom is -0.450 e. The molecule has 0 saturated carbocycles. The molecule has 0 heterocycles. The van der Waals surface area contributed by atoms with Crippen molar-refractivity contribution >= 4 is 53.8 Å². The molecule has 0 aliphatic carbocycles. The first-order chi connectivity index (χ1) is 7.46. The van der Waals surface area contributed by atoms with Gasteiger partial charge >= 0.3 is 24.4 Å². The van der Waals surface area contributed by atoms with Crippen LogP contribution in [0.1, 0.15) is 0 Å². The van der Waals surface area contributed by atoms with E-state index in [0.717, 1.165) is 0 Å². The third kappa shape index (κ3) is 7450. The molecule has 0 fully saturated rings. The molecule has 20 heavy (non-hydrogen) atoms. The molecule has 0 aromatic rings. The summed E-state index contributed by atoms with van der Waals surface area (Å²) in [7, 11) is -9.31. The Balaban J connectivity index is -0.0000000318. The predicted octanol–water partition coefficient (Wildman–Crippen LogP) is -0.707. The summed E-state index contributed by atoms with van der Waals surface area (Å²) in [5, 5.41) is 27.6. The van der Waals surface area contributed by atoms with Crippen molar-refractivity contribution in [3.8, 4) is 0 Å². The first-order valence-corrected chi connectivity index (χ1v) is 5.66. The maximum absolute atomic E-state index is 8.88. The molecule has 0 atom stereocenters. The average Bonchev–Trinajstić information content (AvgIpc) is 1.70. The molecule has 0 radical (unpaired) electrons. The van der Waals surface area contributed by atoms with Gasteiger partial charge in [-0.3, -0.25) is 9.11 Å². The predicted molar refractivity (Wildman–Crippen MR) is 65.4 cm³/mol. The quantitative estimate of drug-likeness (QED) is 0.100. The molecule has 128 valence electrons. The minimum absolute atomic E-state index is 0. The number of rotatable bonds is 0. The van der Waals surface area contributed by atoms with Crippen LogP contribution in [0.4, 0.5) is 4.79 Å². The topological polar surface area (TPSA) is 273 Å². The fourth-order valence-corrected chi connectivity index (χ4v) is 0. The van der Waals surface area contributed by atoms with Crippen LogP contribution in [-0.2, 0) is 15.0 Å². The van der Waals surface area contributed by atoms with Crippen LogP contribution >= 0.6 is 37.2 Å². The molecule has 0 aromatic heterocycles. The van der Waals surface area contributed by atoms with Gasteiger partial charge in [0, 0.05) is 0 Å². The molecule has 15 nitrogen and oxygen atoms in total. The van der Waals surface area contributed by atoms with Gasteiger partial charge in [0.25, 0.3) is 5.09 Å². The molecule has 0 unspecified atom stereocenters. The second-order valence-electron chi connectivity index (χ2n) is 1.48. The summed E-state index contributed by atoms with van der Waals surface area (Å²) in [5.74, 6) is 0. The first-order valence-electron chi connectivity index (χ1n) is 2.70. The Labute approximate surface area is 126 Å². The van der Waals surface area contributed by atoms with E-state index in [1.807, 2.05) is 0 Å². The van der Waals surface area contributed by atoms with E-state index in [9.17, 15) is 0 Å². The molecule has 0 rings (SSSR count). The summed E-state index contributed by atoms with van der Waals surface area (Å²) in [6, 6.07) is 0. The molecule has 0 bridgehead atoms. The lowest BCUT2D eigenvalue weighted by Crippen LogP contribution is -1.89. The largest absolute Gasteiger partial charge is 0.503 e. The Morgan fingerprint density at radius 2 is 1.10 bits per heavy atom. The van der Waals surface area contributed by atoms with Crippen molar-refractivity contribution in [3.63, 3.8) is 0 Å². The number of hydrogen-bond donors (Lipinski definition) is 8. The second-order valence-corrected chi connectivity index (χ2v) is 3.40. The van der Waals surface area contributed by atoms with Crippen LogP contribution < -0.4 is 0 Å². The summed E-state index contributed by atoms with van der Waals surface area (Å²) < 4.78 is 40.5. The SMILES string of the molecule is Br.Cl.O=C(O)O.O=P(O)(O)O.O=S(=O)(O)O.O=[N+]([O-])O. The highest BCUT2D eigenvalue weighted by Crippen LogP contribution is 2.25. The van der Waals surface area contributed by atoms with Gasteiger partial charge in [0.1, 0.15) is 0 Å². The molecule has 8 N–H and O–H groups in total. The Bertz CT molecular complexity index is 336. The van der Waals surface area contributed by atoms with Gasteiger partial charge in [-0.25, -0.2) is 9.36 Å². The summed E-state index contributed by atoms with van der Waals surface area (Å²) in [5.41, 5.74) is 0. The monoisotopic (exact) mass is 437 g/mol. The zero-order chi connectivity index (χ0) is 16.2. The van der Waals surface area contributed by atoms with Gasteiger partial charge in [0.15, 0.2) is 0 Å². The average molecular weight is 438 g/mol. The molecule has 0 spiro atoms. The van der Waals surface area contributed by atoms with Gasteiger partial charge in [-0.15, -0.1) is 39.5 Å². The van der Waals surface area contributed by atoms with Crippen LogP contribution in [0.3, 0.4) is 0 Å². The van der Waals surface area contributed by atoms with E-state index in [0.29, 0.717) is 0 Å². The smallest absolute Gasteiger partial charge is 0.450 e. The zero-order valence-electron chi connectivity index (χ0n) is 8.65. The molecule has 19 heteroatoms. The standard InChI is InChI=1S/CH2O3.BrH.ClH.HNO3.H3O4P.H2O4S/c2-1(3)4;;;2-1(3)4;2*1-5(2,3)4/h(H2,2,3,4);2*1H;(H,2,3,4);(H3,1,2,3,4);(H2,1,2,3,4). The van der Waals surface area contributed by atoms with Crippen LogP contribution in [-0.4, -0.2) is 58.9 Å². The Kier molecular flexibility index (Phi) is 33.3. The molecular weight excluding hydrogens is 428 g/mol. The third-order valence-corrected chi connectivity index (χ3v) is 0. The van der Waals surface area contributed by atoms with Crippen molar-refractivity contribution < 1.29 is 62.1 Å². The maximum atomic E-state index is 8.88. The van der Waals surface area contributed by atoms with Crippen LogP contribution in [0, 0.1) is 10.1 Å². The lowest BCUT2D eigenvalue weighted by atomic mass is 11.5. The van der Waals surface area contributed by atoms with Crippen molar-refractivity contribution in [1.82, 2.24) is 0 Å². The highest BCUT2D eigenvalue weighted by atomic mass is 79.9. The van der Waals surface area contributed by atoms with Crippen molar-refractivity contribution in [2.24, 2.45) is 0 Å². The molecule has 0 amide bonds. The van der Waals surface area contributed by atoms with Crippen molar-refractivity contribution in [2.45, 2.75) is 0 Å². The zero-order valence-corrected chi connectivity index (χ0v) is 12.9. The van der Waals surface area contributed by atoms with E-state index in [-0.39, 0.29) is 29.4 Å². The van der Waals surface area contributed by atoms with Crippen molar-refractivity contribution in [3.05, 3.63) is 10.1 Å². The van der Waals surface area contributed by atoms with Crippen LogP contribution in [0.15, 0.2) is 0 Å². The third-order valence-electron chi connectivity index (χ3n) is 0. The second kappa shape index (κ2) is 18.2. The van der Waals surface area contributed by atoms with E-state index < -0.39 is 29.5 Å². The summed E-state index contributed by atoms with van der Waals surface area (Å²) in [6.45, 7) is 0. The van der Waals surface area contributed by atoms with E-state index in [2.05, 4.69) is 0 Å². The fourth-order valence-electron chi connectivity index (χ4n) is 0. The molecule has 0 aliphatic rings. The van der Waals surface area contributed by atoms with Gasteiger partial charge in [-0.2, -0.15) is 8.42 Å². The summed E-state index contributed by atoms with van der Waals surface area (Å²) >= 11 is 0. The number of hydrogen-bond acceptors (Lipinski definition) is 6. The highest BCUT2D eigenvalue weighted by molar-refractivity contribution is 8.93. The lowest BCUT2D eigenvalue weighted by molar-refractivity contribution is -0.742. The minimum atomic E-state index is -4.67. The molecule has 0 aromatic carbocycles. The Morgan fingerprint density at radius 3 is 1.10 bits per heavy atom. The Morgan fingerprint density at radius 1 is 1.10 bits per heavy atom. The van der Waals surface area contributed by atoms with Crippen molar-refractivity contribution in [2.75, 3.05) is 0 Å². The molecule has 0 aliphatic heterocycles. The highest BCUT2D eigenvalue weighted by Gasteiger charge is 2.00. The summed E-state index contributed by atoms with van der Waals surface area (Å²) in [4.78, 5) is 38.5. The van der Waals surface area contributed by atoms with E-state index in [4.69, 9.17) is 67.1 Å². The normalized spacial score (nSPS) is 8.25. The van der Waals surface area contributed by atoms with Gasteiger partial charge < -0.3 is 30.1 Å². The Hall–Kier alpha value is -0.780. The van der Waals surface area contributed by atoms with Crippen LogP contribution in [0.2, 0.25) is 0 Å². The van der Waals surface area contributed by atoms with Gasteiger partial charge in [0.2, 0.25) is 0 Å². The van der Waals surface area contributed by atoms with Gasteiger partial charge in [0.05, 0.1) is 0 Å². The number of carbonyl (C=O) groups is 1. The van der Waals surface area contributed by atoms with Crippen LogP contribution in [0.25, 0.3) is 0 Å². The summed E-state index contributed by atoms with van der Waals surface area (Å²) in [6.07, 6.45) is -1.83. The number of carboxylic acid groups (broad SMARTS) is 2. The van der Waals surface area contributed by atoms with E-state index in [1.165, 1.54) is 0 Å². The van der Waals surface area contributed by atoms with Crippen molar-refractivity contribution in [1.29, 1.82) is 0 Å². The molecular formula is CH10BrClNO14PS. The van der Waals surface area contributed by atoms with E-state index >= 15 is 0 Å². The first kappa shape index (κ1) is 36.5. The van der Waals surface area contributed by atoms with Gasteiger partial charge in [-0.05, 0) is 0 Å². The van der Waals surface area contributed by atoms with Crippen LogP contribution in [0.5, 0.6) is 0 Å². The fraction of sp³-hybridized carbons (Fsp3) is 0. The number of halogens is 2. The lowest BCUT2D eigenvalue weighted by Gasteiger charge is -1.82. The molecule has 0 saturated heterocycles. The number of nitrogens with zero attached hydrogens (tertiary/aromatic N) is 1.